The lowest BCUT2D eigenvalue weighted by Crippen LogP contribution is -2.10. The van der Waals surface area contributed by atoms with Crippen LogP contribution in [-0.2, 0) is 0 Å². The number of carbonyl (C=O) groups is 1. The van der Waals surface area contributed by atoms with Crippen molar-refractivity contribution in [1.82, 2.24) is 19.6 Å². The van der Waals surface area contributed by atoms with Crippen molar-refractivity contribution in [2.24, 2.45) is 0 Å². The fourth-order valence-electron chi connectivity index (χ4n) is 2.40. The summed E-state index contributed by atoms with van der Waals surface area (Å²) < 4.78 is 1.87. The predicted molar refractivity (Wildman–Crippen MR) is 87.2 cm³/mol. The molecule has 3 aromatic heterocycles. The lowest BCUT2D eigenvalue weighted by atomic mass is 10.2. The molecule has 0 atom stereocenters. The van der Waals surface area contributed by atoms with Gasteiger partial charge in [0.05, 0.1) is 11.3 Å². The van der Waals surface area contributed by atoms with E-state index in [2.05, 4.69) is 20.5 Å². The van der Waals surface area contributed by atoms with Crippen molar-refractivity contribution in [1.29, 1.82) is 0 Å². The van der Waals surface area contributed by atoms with Crippen LogP contribution in [0.25, 0.3) is 17.2 Å². The molecule has 112 valence electrons. The second kappa shape index (κ2) is 5.42. The second-order valence-electron chi connectivity index (χ2n) is 5.07. The van der Waals surface area contributed by atoms with Gasteiger partial charge < -0.3 is 10.3 Å². The van der Waals surface area contributed by atoms with Crippen molar-refractivity contribution in [2.45, 2.75) is 0 Å². The van der Waals surface area contributed by atoms with Gasteiger partial charge in [-0.3, -0.25) is 9.20 Å². The van der Waals surface area contributed by atoms with E-state index >= 15 is 0 Å². The van der Waals surface area contributed by atoms with E-state index in [0.29, 0.717) is 11.4 Å². The minimum atomic E-state index is -0.174. The smallest absolute Gasteiger partial charge is 0.257 e. The van der Waals surface area contributed by atoms with Gasteiger partial charge in [0.1, 0.15) is 0 Å². The van der Waals surface area contributed by atoms with Gasteiger partial charge in [-0.05, 0) is 30.3 Å². The molecule has 0 saturated carbocycles. The first-order valence-electron chi connectivity index (χ1n) is 7.16. The van der Waals surface area contributed by atoms with Crippen LogP contribution in [0.3, 0.4) is 0 Å². The molecule has 0 aliphatic rings. The molecular formula is C17H13N5O. The van der Waals surface area contributed by atoms with Crippen LogP contribution < -0.4 is 5.32 Å². The third-order valence-electron chi connectivity index (χ3n) is 3.53. The molecule has 0 aliphatic heterocycles. The zero-order valence-electron chi connectivity index (χ0n) is 12.1. The van der Waals surface area contributed by atoms with Crippen molar-refractivity contribution in [3.05, 3.63) is 72.6 Å². The summed E-state index contributed by atoms with van der Waals surface area (Å²) >= 11 is 0. The summed E-state index contributed by atoms with van der Waals surface area (Å²) in [5.74, 6) is 0.492. The highest BCUT2D eigenvalue weighted by Gasteiger charge is 2.13. The summed E-state index contributed by atoms with van der Waals surface area (Å²) in [6, 6.07) is 16.8. The van der Waals surface area contributed by atoms with Crippen LogP contribution in [0.5, 0.6) is 0 Å². The fourth-order valence-corrected chi connectivity index (χ4v) is 2.40. The number of aromatic amines is 1. The average molecular weight is 303 g/mol. The van der Waals surface area contributed by atoms with Crippen molar-refractivity contribution in [3.8, 4) is 11.5 Å². The zero-order valence-corrected chi connectivity index (χ0v) is 12.1. The van der Waals surface area contributed by atoms with E-state index in [1.54, 1.807) is 12.3 Å². The Hall–Kier alpha value is -3.41. The van der Waals surface area contributed by atoms with Gasteiger partial charge in [0.25, 0.3) is 5.91 Å². The largest absolute Gasteiger partial charge is 0.358 e. The highest BCUT2D eigenvalue weighted by Crippen LogP contribution is 2.19. The van der Waals surface area contributed by atoms with Crippen LogP contribution in [0, 0.1) is 0 Å². The van der Waals surface area contributed by atoms with E-state index in [1.807, 2.05) is 59.1 Å². The molecule has 0 bridgehead atoms. The first kappa shape index (κ1) is 13.3. The summed E-state index contributed by atoms with van der Waals surface area (Å²) in [7, 11) is 0. The number of carbonyl (C=O) groups excluding carboxylic acids is 1. The Morgan fingerprint density at radius 3 is 2.74 bits per heavy atom. The van der Waals surface area contributed by atoms with E-state index in [9.17, 15) is 4.79 Å². The third kappa shape index (κ3) is 2.46. The topological polar surface area (TPSA) is 75.1 Å². The standard InChI is InChI=1S/C17H13N5O/c23-17(19-13-6-2-1-3-7-13)12-10-14(18-11-12)16-21-20-15-8-4-5-9-22(15)16/h1-11,18H,(H,19,23). The first-order valence-corrected chi connectivity index (χ1v) is 7.16. The number of benzene rings is 1. The Balaban J connectivity index is 1.63. The van der Waals surface area contributed by atoms with Crippen LogP contribution in [0.1, 0.15) is 10.4 Å². The lowest BCUT2D eigenvalue weighted by Gasteiger charge is -2.02. The van der Waals surface area contributed by atoms with E-state index in [1.165, 1.54) is 0 Å². The number of hydrogen-bond acceptors (Lipinski definition) is 3. The Morgan fingerprint density at radius 1 is 1.04 bits per heavy atom. The minimum Gasteiger partial charge on any atom is -0.358 e. The maximum atomic E-state index is 12.3. The number of nitrogens with zero attached hydrogens (tertiary/aromatic N) is 3. The van der Waals surface area contributed by atoms with Gasteiger partial charge in [-0.25, -0.2) is 0 Å². The molecule has 1 amide bonds. The molecule has 6 nitrogen and oxygen atoms in total. The van der Waals surface area contributed by atoms with Crippen LogP contribution in [0.2, 0.25) is 0 Å². The Labute approximate surface area is 131 Å². The Bertz CT molecular complexity index is 971. The number of H-pyrrole nitrogens is 1. The number of para-hydroxylation sites is 1. The third-order valence-corrected chi connectivity index (χ3v) is 3.53. The molecule has 2 N–H and O–H groups in total. The number of amides is 1. The quantitative estimate of drug-likeness (QED) is 0.611. The Kier molecular flexibility index (Phi) is 3.12. The second-order valence-corrected chi connectivity index (χ2v) is 5.07. The Morgan fingerprint density at radius 2 is 1.87 bits per heavy atom. The van der Waals surface area contributed by atoms with Gasteiger partial charge in [0, 0.05) is 18.1 Å². The number of aromatic nitrogens is 4. The van der Waals surface area contributed by atoms with Gasteiger partial charge in [-0.1, -0.05) is 24.3 Å². The molecule has 4 aromatic rings. The number of hydrogen-bond donors (Lipinski definition) is 2. The number of rotatable bonds is 3. The molecule has 23 heavy (non-hydrogen) atoms. The maximum Gasteiger partial charge on any atom is 0.257 e. The maximum absolute atomic E-state index is 12.3. The minimum absolute atomic E-state index is 0.174. The molecule has 0 aliphatic carbocycles. The molecule has 1 aromatic carbocycles. The van der Waals surface area contributed by atoms with Crippen molar-refractivity contribution in [3.63, 3.8) is 0 Å². The molecule has 6 heteroatoms. The van der Waals surface area contributed by atoms with Crippen LogP contribution in [0.4, 0.5) is 5.69 Å². The van der Waals surface area contributed by atoms with Gasteiger partial charge in [-0.15, -0.1) is 10.2 Å². The summed E-state index contributed by atoms with van der Waals surface area (Å²) in [6.07, 6.45) is 3.55. The summed E-state index contributed by atoms with van der Waals surface area (Å²) in [5, 5.41) is 11.1. The van der Waals surface area contributed by atoms with E-state index in [0.717, 1.165) is 17.0 Å². The molecular weight excluding hydrogens is 290 g/mol. The number of fused-ring (bicyclic) bond motifs is 1. The number of anilines is 1. The molecule has 4 rings (SSSR count). The van der Waals surface area contributed by atoms with E-state index in [4.69, 9.17) is 0 Å². The van der Waals surface area contributed by atoms with Crippen molar-refractivity contribution >= 4 is 17.2 Å². The highest BCUT2D eigenvalue weighted by atomic mass is 16.1. The summed E-state index contributed by atoms with van der Waals surface area (Å²) in [5.41, 5.74) is 2.79. The predicted octanol–water partition coefficient (Wildman–Crippen LogP) is 2.98. The zero-order chi connectivity index (χ0) is 15.6. The van der Waals surface area contributed by atoms with Gasteiger partial charge in [-0.2, -0.15) is 0 Å². The van der Waals surface area contributed by atoms with Gasteiger partial charge in [0.15, 0.2) is 11.5 Å². The average Bonchev–Trinajstić information content (AvgIpc) is 3.22. The first-order chi connectivity index (χ1) is 11.3. The molecule has 3 heterocycles. The molecule has 0 radical (unpaired) electrons. The van der Waals surface area contributed by atoms with Crippen molar-refractivity contribution < 1.29 is 4.79 Å². The van der Waals surface area contributed by atoms with Crippen molar-refractivity contribution in [2.75, 3.05) is 5.32 Å². The molecule has 0 unspecified atom stereocenters. The number of nitrogens with one attached hydrogen (secondary N) is 2. The van der Waals surface area contributed by atoms with Crippen LogP contribution in [-0.4, -0.2) is 25.5 Å². The molecule has 0 saturated heterocycles. The van der Waals surface area contributed by atoms with Gasteiger partial charge >= 0.3 is 0 Å². The van der Waals surface area contributed by atoms with Crippen LogP contribution in [0.15, 0.2) is 67.0 Å². The van der Waals surface area contributed by atoms with Crippen LogP contribution >= 0.6 is 0 Å². The summed E-state index contributed by atoms with van der Waals surface area (Å²) in [6.45, 7) is 0. The number of pyridine rings is 1. The van der Waals surface area contributed by atoms with E-state index in [-0.39, 0.29) is 5.91 Å². The normalized spacial score (nSPS) is 10.8. The highest BCUT2D eigenvalue weighted by molar-refractivity contribution is 6.04. The summed E-state index contributed by atoms with van der Waals surface area (Å²) in [4.78, 5) is 15.4. The SMILES string of the molecule is O=C(Nc1ccccc1)c1c[nH]c(-c2nnc3ccccn23)c1. The fraction of sp³-hybridized carbons (Fsp3) is 0. The molecule has 0 fully saturated rings. The molecule has 0 spiro atoms. The van der Waals surface area contributed by atoms with Gasteiger partial charge in [0.2, 0.25) is 0 Å². The van der Waals surface area contributed by atoms with E-state index < -0.39 is 0 Å². The lowest BCUT2D eigenvalue weighted by molar-refractivity contribution is 0.102. The monoisotopic (exact) mass is 303 g/mol.